The molecular weight excluding hydrogens is 352 g/mol. The lowest BCUT2D eigenvalue weighted by Gasteiger charge is -2.19. The summed E-state index contributed by atoms with van der Waals surface area (Å²) in [4.78, 5) is 0. The summed E-state index contributed by atoms with van der Waals surface area (Å²) in [6.45, 7) is 5.20. The predicted octanol–water partition coefficient (Wildman–Crippen LogP) is 6.11. The fourth-order valence-electron chi connectivity index (χ4n) is 2.99. The molecule has 1 aliphatic rings. The molecule has 1 aromatic rings. The number of hydrogen-bond acceptors (Lipinski definition) is 2. The van der Waals surface area contributed by atoms with Crippen molar-refractivity contribution in [1.29, 1.82) is 0 Å². The van der Waals surface area contributed by atoms with Gasteiger partial charge in [0.1, 0.15) is 0 Å². The minimum absolute atomic E-state index is 0.0253. The van der Waals surface area contributed by atoms with Crippen LogP contribution in [0.4, 0.5) is 0 Å². The Labute approximate surface area is 141 Å². The maximum atomic E-state index is 6.67. The molecule has 1 aromatic carbocycles. The standard InChI is InChI=1S/C17H24BrClO2/c1-3-20-16-10-13(14(18)11-17(16)21-4-2)15(19)9-12-7-5-6-8-12/h10-12,15H,3-9H2,1-2H3. The van der Waals surface area contributed by atoms with Gasteiger partial charge in [0.15, 0.2) is 11.5 Å². The molecule has 0 saturated heterocycles. The molecule has 0 radical (unpaired) electrons. The first kappa shape index (κ1) is 17.0. The molecule has 0 N–H and O–H groups in total. The monoisotopic (exact) mass is 374 g/mol. The normalized spacial score (nSPS) is 17.0. The Morgan fingerprint density at radius 1 is 1.14 bits per heavy atom. The first-order chi connectivity index (χ1) is 10.2. The van der Waals surface area contributed by atoms with Crippen LogP contribution in [0, 0.1) is 5.92 Å². The summed E-state index contributed by atoms with van der Waals surface area (Å²) < 4.78 is 12.3. The zero-order valence-corrected chi connectivity index (χ0v) is 15.2. The molecule has 2 nitrogen and oxygen atoms in total. The Balaban J connectivity index is 2.18. The van der Waals surface area contributed by atoms with Crippen molar-refractivity contribution in [3.05, 3.63) is 22.2 Å². The minimum atomic E-state index is 0.0253. The van der Waals surface area contributed by atoms with Crippen molar-refractivity contribution in [2.75, 3.05) is 13.2 Å². The first-order valence-electron chi connectivity index (χ1n) is 7.88. The first-order valence-corrected chi connectivity index (χ1v) is 9.11. The van der Waals surface area contributed by atoms with E-state index in [9.17, 15) is 0 Å². The summed E-state index contributed by atoms with van der Waals surface area (Å²) in [5.41, 5.74) is 1.11. The van der Waals surface area contributed by atoms with Crippen molar-refractivity contribution in [3.8, 4) is 11.5 Å². The molecule has 0 heterocycles. The van der Waals surface area contributed by atoms with Crippen molar-refractivity contribution in [2.24, 2.45) is 5.92 Å². The van der Waals surface area contributed by atoms with Gasteiger partial charge in [0.05, 0.1) is 18.6 Å². The third kappa shape index (κ3) is 4.53. The molecular formula is C17H24BrClO2. The fraction of sp³-hybridized carbons (Fsp3) is 0.647. The molecule has 0 bridgehead atoms. The summed E-state index contributed by atoms with van der Waals surface area (Å²) in [6.07, 6.45) is 6.37. The van der Waals surface area contributed by atoms with E-state index >= 15 is 0 Å². The predicted molar refractivity (Wildman–Crippen MR) is 91.6 cm³/mol. The average Bonchev–Trinajstić information content (AvgIpc) is 2.95. The van der Waals surface area contributed by atoms with Crippen LogP contribution >= 0.6 is 27.5 Å². The highest BCUT2D eigenvalue weighted by atomic mass is 79.9. The van der Waals surface area contributed by atoms with Crippen LogP contribution in [0.2, 0.25) is 0 Å². The van der Waals surface area contributed by atoms with E-state index in [1.165, 1.54) is 25.7 Å². The Hall–Kier alpha value is -0.410. The second kappa shape index (κ2) is 8.28. The number of ether oxygens (including phenoxy) is 2. The van der Waals surface area contributed by atoms with E-state index in [1.54, 1.807) is 0 Å². The summed E-state index contributed by atoms with van der Waals surface area (Å²) in [7, 11) is 0. The molecule has 118 valence electrons. The van der Waals surface area contributed by atoms with Crippen LogP contribution in [0.15, 0.2) is 16.6 Å². The van der Waals surface area contributed by atoms with Crippen molar-refractivity contribution >= 4 is 27.5 Å². The lowest BCUT2D eigenvalue weighted by molar-refractivity contribution is 0.287. The van der Waals surface area contributed by atoms with E-state index in [-0.39, 0.29) is 5.38 Å². The molecule has 1 atom stereocenters. The van der Waals surface area contributed by atoms with Gasteiger partial charge in [-0.05, 0) is 43.9 Å². The smallest absolute Gasteiger partial charge is 0.162 e. The molecule has 0 spiro atoms. The highest BCUT2D eigenvalue weighted by molar-refractivity contribution is 9.10. The van der Waals surface area contributed by atoms with Crippen molar-refractivity contribution in [1.82, 2.24) is 0 Å². The molecule has 0 aliphatic heterocycles. The zero-order chi connectivity index (χ0) is 15.2. The maximum Gasteiger partial charge on any atom is 0.162 e. The van der Waals surface area contributed by atoms with Gasteiger partial charge in [0.2, 0.25) is 0 Å². The lowest BCUT2D eigenvalue weighted by Crippen LogP contribution is -2.03. The average molecular weight is 376 g/mol. The summed E-state index contributed by atoms with van der Waals surface area (Å²) >= 11 is 10.3. The molecule has 1 aliphatic carbocycles. The number of alkyl halides is 1. The third-order valence-electron chi connectivity index (χ3n) is 4.02. The Kier molecular flexibility index (Phi) is 6.69. The zero-order valence-electron chi connectivity index (χ0n) is 12.8. The van der Waals surface area contributed by atoms with E-state index in [1.807, 2.05) is 26.0 Å². The van der Waals surface area contributed by atoms with Crippen LogP contribution in [0.1, 0.15) is 56.9 Å². The lowest BCUT2D eigenvalue weighted by atomic mass is 9.97. The van der Waals surface area contributed by atoms with Crippen LogP contribution in [-0.2, 0) is 0 Å². The van der Waals surface area contributed by atoms with Crippen molar-refractivity contribution in [3.63, 3.8) is 0 Å². The van der Waals surface area contributed by atoms with Crippen LogP contribution < -0.4 is 9.47 Å². The SMILES string of the molecule is CCOc1cc(Br)c(C(Cl)CC2CCCC2)cc1OCC. The van der Waals surface area contributed by atoms with Crippen LogP contribution in [0.25, 0.3) is 0 Å². The Morgan fingerprint density at radius 2 is 1.71 bits per heavy atom. The topological polar surface area (TPSA) is 18.5 Å². The highest BCUT2D eigenvalue weighted by Gasteiger charge is 2.22. The van der Waals surface area contributed by atoms with Gasteiger partial charge in [0, 0.05) is 4.47 Å². The van der Waals surface area contributed by atoms with Gasteiger partial charge in [-0.1, -0.05) is 41.6 Å². The van der Waals surface area contributed by atoms with Gasteiger partial charge in [-0.15, -0.1) is 11.6 Å². The van der Waals surface area contributed by atoms with E-state index in [0.29, 0.717) is 13.2 Å². The van der Waals surface area contributed by atoms with E-state index in [0.717, 1.165) is 33.9 Å². The number of hydrogen-bond donors (Lipinski definition) is 0. The van der Waals surface area contributed by atoms with E-state index in [2.05, 4.69) is 15.9 Å². The number of halogens is 2. The van der Waals surface area contributed by atoms with Crippen molar-refractivity contribution in [2.45, 2.75) is 51.3 Å². The maximum absolute atomic E-state index is 6.67. The quantitative estimate of drug-likeness (QED) is 0.535. The molecule has 0 aromatic heterocycles. The minimum Gasteiger partial charge on any atom is -0.490 e. The summed E-state index contributed by atoms with van der Waals surface area (Å²) in [5, 5.41) is 0.0253. The van der Waals surface area contributed by atoms with Crippen LogP contribution in [-0.4, -0.2) is 13.2 Å². The molecule has 1 fully saturated rings. The summed E-state index contributed by atoms with van der Waals surface area (Å²) in [5.74, 6) is 2.33. The molecule has 4 heteroatoms. The summed E-state index contributed by atoms with van der Waals surface area (Å²) in [6, 6.07) is 4.01. The van der Waals surface area contributed by atoms with Gasteiger partial charge in [-0.2, -0.15) is 0 Å². The largest absolute Gasteiger partial charge is 0.490 e. The van der Waals surface area contributed by atoms with E-state index < -0.39 is 0 Å². The Morgan fingerprint density at radius 3 is 2.29 bits per heavy atom. The van der Waals surface area contributed by atoms with Crippen LogP contribution in [0.5, 0.6) is 11.5 Å². The second-order valence-electron chi connectivity index (χ2n) is 5.54. The van der Waals surface area contributed by atoms with Gasteiger partial charge in [-0.25, -0.2) is 0 Å². The highest BCUT2D eigenvalue weighted by Crippen LogP contribution is 2.42. The Bertz CT molecular complexity index is 458. The molecule has 1 saturated carbocycles. The molecule has 1 unspecified atom stereocenters. The van der Waals surface area contributed by atoms with Crippen LogP contribution in [0.3, 0.4) is 0 Å². The van der Waals surface area contributed by atoms with Gasteiger partial charge in [-0.3, -0.25) is 0 Å². The number of rotatable bonds is 7. The van der Waals surface area contributed by atoms with Gasteiger partial charge >= 0.3 is 0 Å². The number of benzene rings is 1. The molecule has 21 heavy (non-hydrogen) atoms. The van der Waals surface area contributed by atoms with Crippen molar-refractivity contribution < 1.29 is 9.47 Å². The fourth-order valence-corrected chi connectivity index (χ4v) is 4.16. The molecule has 0 amide bonds. The second-order valence-corrected chi connectivity index (χ2v) is 6.92. The van der Waals surface area contributed by atoms with E-state index in [4.69, 9.17) is 21.1 Å². The van der Waals surface area contributed by atoms with Gasteiger partial charge in [0.25, 0.3) is 0 Å². The molecule has 2 rings (SSSR count). The third-order valence-corrected chi connectivity index (χ3v) is 5.12. The van der Waals surface area contributed by atoms with Gasteiger partial charge < -0.3 is 9.47 Å².